The van der Waals surface area contributed by atoms with Gasteiger partial charge in [0.1, 0.15) is 23.8 Å². The highest BCUT2D eigenvalue weighted by Gasteiger charge is 2.44. The first-order valence-corrected chi connectivity index (χ1v) is 9.95. The number of hydrazone groups is 1. The van der Waals surface area contributed by atoms with Gasteiger partial charge >= 0.3 is 0 Å². The number of imidazole rings is 1. The Kier molecular flexibility index (Phi) is 5.15. The summed E-state index contributed by atoms with van der Waals surface area (Å²) in [6.07, 6.45) is -1.41. The van der Waals surface area contributed by atoms with Crippen molar-refractivity contribution in [3.8, 4) is 0 Å². The van der Waals surface area contributed by atoms with E-state index in [-0.39, 0.29) is 17.4 Å². The second-order valence-electron chi connectivity index (χ2n) is 7.46. The topological polar surface area (TPSA) is 164 Å². The fraction of sp³-hybridized carbons (Fsp3) is 0.238. The first kappa shape index (κ1) is 20.3. The lowest BCUT2D eigenvalue weighted by molar-refractivity contribution is -0.0511. The molecule has 3 heterocycles. The molecule has 4 atom stereocenters. The van der Waals surface area contributed by atoms with Gasteiger partial charge in [0.15, 0.2) is 17.7 Å². The fourth-order valence-electron chi connectivity index (χ4n) is 3.74. The number of aliphatic hydroxyl groups is 3. The van der Waals surface area contributed by atoms with Crippen LogP contribution in [-0.4, -0.2) is 66.0 Å². The van der Waals surface area contributed by atoms with Crippen LogP contribution in [0.4, 0.5) is 11.8 Å². The molecule has 0 radical (unpaired) electrons. The fourth-order valence-corrected chi connectivity index (χ4v) is 3.74. The van der Waals surface area contributed by atoms with Crippen LogP contribution < -0.4 is 11.2 Å². The zero-order valence-corrected chi connectivity index (χ0v) is 16.8. The number of aliphatic hydroxyl groups excluding tert-OH is 3. The minimum Gasteiger partial charge on any atom is -0.394 e. The van der Waals surface area contributed by atoms with Gasteiger partial charge < -0.3 is 25.8 Å². The third kappa shape index (κ3) is 3.52. The van der Waals surface area contributed by atoms with Gasteiger partial charge in [0.25, 0.3) is 0 Å². The second-order valence-corrected chi connectivity index (χ2v) is 7.46. The zero-order valence-electron chi connectivity index (χ0n) is 16.8. The van der Waals surface area contributed by atoms with Crippen molar-refractivity contribution in [3.63, 3.8) is 0 Å². The maximum Gasteiger partial charge on any atom is 0.247 e. The van der Waals surface area contributed by atoms with E-state index in [2.05, 4.69) is 25.5 Å². The molecule has 1 fully saturated rings. The van der Waals surface area contributed by atoms with E-state index in [1.807, 2.05) is 42.5 Å². The van der Waals surface area contributed by atoms with Crippen LogP contribution in [0.2, 0.25) is 0 Å². The highest BCUT2D eigenvalue weighted by Crippen LogP contribution is 2.32. The molecule has 0 amide bonds. The quantitative estimate of drug-likeness (QED) is 0.223. The summed E-state index contributed by atoms with van der Waals surface area (Å²) < 4.78 is 7.00. The smallest absolute Gasteiger partial charge is 0.247 e. The van der Waals surface area contributed by atoms with Gasteiger partial charge in [-0.1, -0.05) is 36.4 Å². The number of ether oxygens (including phenoxy) is 1. The standard InChI is InChI=1S/C21H21N7O4/c22-18-15-19(28(10-23-15)20-17(31)16(30)14(9-29)32-20)26-21(25-18)27-24-8-11-5-6-12-3-1-2-4-13(12)7-11/h1-8,10,14,16-17,20,29-31H,9H2,(H3,22,25,26,27)/b24-8+/t14-,16-,17-,20-/m1/s1. The Bertz CT molecular complexity index is 1310. The lowest BCUT2D eigenvalue weighted by atomic mass is 10.1. The van der Waals surface area contributed by atoms with Crippen LogP contribution in [0.25, 0.3) is 21.9 Å². The molecule has 5 rings (SSSR count). The van der Waals surface area contributed by atoms with Crippen molar-refractivity contribution in [2.75, 3.05) is 17.8 Å². The lowest BCUT2D eigenvalue weighted by Gasteiger charge is -2.16. The molecule has 0 saturated carbocycles. The number of nitrogens with two attached hydrogens (primary N) is 1. The van der Waals surface area contributed by atoms with Gasteiger partial charge in [-0.3, -0.25) is 4.57 Å². The third-order valence-electron chi connectivity index (χ3n) is 5.39. The molecule has 11 nitrogen and oxygen atoms in total. The molecule has 1 aliphatic heterocycles. The summed E-state index contributed by atoms with van der Waals surface area (Å²) in [6.45, 7) is -0.436. The van der Waals surface area contributed by atoms with Gasteiger partial charge in [0, 0.05) is 0 Å². The van der Waals surface area contributed by atoms with Crippen LogP contribution in [0.3, 0.4) is 0 Å². The number of fused-ring (bicyclic) bond motifs is 2. The lowest BCUT2D eigenvalue weighted by Crippen LogP contribution is -2.33. The first-order chi connectivity index (χ1) is 15.5. The van der Waals surface area contributed by atoms with E-state index in [0.717, 1.165) is 16.3 Å². The molecule has 2 aromatic heterocycles. The molecule has 0 spiro atoms. The Balaban J connectivity index is 1.41. The third-order valence-corrected chi connectivity index (χ3v) is 5.39. The van der Waals surface area contributed by atoms with Crippen molar-refractivity contribution >= 4 is 39.9 Å². The summed E-state index contributed by atoms with van der Waals surface area (Å²) in [5, 5.41) is 36.1. The SMILES string of the molecule is Nc1nc(N/N=C/c2ccc3ccccc3c2)nc2c1ncn2[C@@H]1O[C@H](CO)[C@@H](O)[C@H]1O. The van der Waals surface area contributed by atoms with Gasteiger partial charge in [-0.25, -0.2) is 10.4 Å². The average molecular weight is 435 g/mol. The van der Waals surface area contributed by atoms with Crippen LogP contribution >= 0.6 is 0 Å². The number of hydrogen-bond acceptors (Lipinski definition) is 10. The number of rotatable bonds is 5. The summed E-state index contributed by atoms with van der Waals surface area (Å²) in [4.78, 5) is 12.7. The van der Waals surface area contributed by atoms with E-state index < -0.39 is 31.1 Å². The van der Waals surface area contributed by atoms with Crippen molar-refractivity contribution in [2.45, 2.75) is 24.5 Å². The number of hydrogen-bond donors (Lipinski definition) is 5. The minimum atomic E-state index is -1.27. The molecule has 32 heavy (non-hydrogen) atoms. The van der Waals surface area contributed by atoms with E-state index in [4.69, 9.17) is 10.5 Å². The number of benzene rings is 2. The normalized spacial score (nSPS) is 23.5. The van der Waals surface area contributed by atoms with Gasteiger partial charge in [-0.2, -0.15) is 15.1 Å². The number of nitrogens with zero attached hydrogens (tertiary/aromatic N) is 5. The predicted octanol–water partition coefficient (Wildman–Crippen LogP) is 0.619. The zero-order chi connectivity index (χ0) is 22.2. The Morgan fingerprint density at radius 2 is 1.94 bits per heavy atom. The van der Waals surface area contributed by atoms with E-state index in [1.165, 1.54) is 10.9 Å². The number of nitrogen functional groups attached to an aromatic ring is 1. The van der Waals surface area contributed by atoms with Crippen LogP contribution in [0.5, 0.6) is 0 Å². The van der Waals surface area contributed by atoms with Crippen LogP contribution in [0, 0.1) is 0 Å². The second kappa shape index (κ2) is 8.13. The van der Waals surface area contributed by atoms with E-state index in [1.54, 1.807) is 6.21 Å². The van der Waals surface area contributed by atoms with Gasteiger partial charge in [0.05, 0.1) is 19.1 Å². The Morgan fingerprint density at radius 3 is 2.72 bits per heavy atom. The van der Waals surface area contributed by atoms with Crippen LogP contribution in [0.15, 0.2) is 53.9 Å². The summed E-state index contributed by atoms with van der Waals surface area (Å²) >= 11 is 0. The predicted molar refractivity (Wildman–Crippen MR) is 118 cm³/mol. The monoisotopic (exact) mass is 435 g/mol. The van der Waals surface area contributed by atoms with E-state index in [0.29, 0.717) is 5.52 Å². The molecule has 1 saturated heterocycles. The Labute approximate surface area is 181 Å². The Morgan fingerprint density at radius 1 is 1.12 bits per heavy atom. The van der Waals surface area contributed by atoms with Gasteiger partial charge in [-0.15, -0.1) is 0 Å². The summed E-state index contributed by atoms with van der Waals surface area (Å²) in [6, 6.07) is 14.0. The number of anilines is 2. The molecule has 164 valence electrons. The summed E-state index contributed by atoms with van der Waals surface area (Å²) in [5.41, 5.74) is 10.3. The highest BCUT2D eigenvalue weighted by atomic mass is 16.6. The molecule has 0 bridgehead atoms. The molecular formula is C21H21N7O4. The van der Waals surface area contributed by atoms with Crippen LogP contribution in [0.1, 0.15) is 11.8 Å². The van der Waals surface area contributed by atoms with Crippen molar-refractivity contribution in [1.29, 1.82) is 0 Å². The first-order valence-electron chi connectivity index (χ1n) is 9.95. The number of nitrogens with one attached hydrogen (secondary N) is 1. The van der Waals surface area contributed by atoms with E-state index >= 15 is 0 Å². The molecule has 0 aliphatic carbocycles. The van der Waals surface area contributed by atoms with Crippen molar-refractivity contribution in [2.24, 2.45) is 5.10 Å². The Hall–Kier alpha value is -3.64. The molecule has 11 heteroatoms. The average Bonchev–Trinajstić information content (AvgIpc) is 3.35. The molecule has 6 N–H and O–H groups in total. The highest BCUT2D eigenvalue weighted by molar-refractivity contribution is 5.90. The van der Waals surface area contributed by atoms with Gasteiger partial charge in [-0.05, 0) is 22.4 Å². The maximum atomic E-state index is 10.3. The van der Waals surface area contributed by atoms with Crippen molar-refractivity contribution in [3.05, 3.63) is 54.4 Å². The summed E-state index contributed by atoms with van der Waals surface area (Å²) in [7, 11) is 0. The van der Waals surface area contributed by atoms with Crippen molar-refractivity contribution < 1.29 is 20.1 Å². The van der Waals surface area contributed by atoms with Crippen LogP contribution in [-0.2, 0) is 4.74 Å². The molecule has 0 unspecified atom stereocenters. The minimum absolute atomic E-state index is 0.115. The van der Waals surface area contributed by atoms with E-state index in [9.17, 15) is 15.3 Å². The van der Waals surface area contributed by atoms with Crippen molar-refractivity contribution in [1.82, 2.24) is 19.5 Å². The van der Waals surface area contributed by atoms with Gasteiger partial charge in [0.2, 0.25) is 5.95 Å². The maximum absolute atomic E-state index is 10.3. The molecular weight excluding hydrogens is 414 g/mol. The number of aromatic nitrogens is 4. The molecule has 1 aliphatic rings. The molecule has 2 aromatic carbocycles. The largest absolute Gasteiger partial charge is 0.394 e. The summed E-state index contributed by atoms with van der Waals surface area (Å²) in [5.74, 6) is 0.240. The molecule has 4 aromatic rings.